The second-order valence-electron chi connectivity index (χ2n) is 5.80. The van der Waals surface area contributed by atoms with Gasteiger partial charge in [-0.05, 0) is 45.1 Å². The van der Waals surface area contributed by atoms with Crippen LogP contribution in [-0.2, 0) is 9.59 Å². The Morgan fingerprint density at radius 2 is 2.05 bits per heavy atom. The Kier molecular flexibility index (Phi) is 5.19. The highest BCUT2D eigenvalue weighted by atomic mass is 16.4. The summed E-state index contributed by atoms with van der Waals surface area (Å²) in [6, 6.07) is 0.544. The number of carbonyl (C=O) groups is 2. The van der Waals surface area contributed by atoms with E-state index in [-0.39, 0.29) is 17.9 Å². The number of hydrogen-bond acceptors (Lipinski definition) is 3. The summed E-state index contributed by atoms with van der Waals surface area (Å²) in [5.74, 6) is -0.933. The van der Waals surface area contributed by atoms with Crippen LogP contribution in [0.2, 0.25) is 0 Å². The van der Waals surface area contributed by atoms with Gasteiger partial charge < -0.3 is 15.7 Å². The standard InChI is InChI=1S/C14H24N2O3/c17-13(7-6-11-3-1-2-8-15-11)16-12-5-4-10(9-12)14(18)19/h10-12,15H,1-9H2,(H,16,17)(H,18,19)/t10-,11?,12+/m1/s1. The van der Waals surface area contributed by atoms with Crippen molar-refractivity contribution in [2.75, 3.05) is 6.54 Å². The van der Waals surface area contributed by atoms with Gasteiger partial charge in [0.15, 0.2) is 0 Å². The first kappa shape index (κ1) is 14.3. The van der Waals surface area contributed by atoms with Crippen molar-refractivity contribution in [3.63, 3.8) is 0 Å². The number of carbonyl (C=O) groups excluding carboxylic acids is 1. The number of nitrogens with one attached hydrogen (secondary N) is 2. The van der Waals surface area contributed by atoms with Crippen molar-refractivity contribution < 1.29 is 14.7 Å². The third-order valence-electron chi connectivity index (χ3n) is 4.28. The van der Waals surface area contributed by atoms with Crippen LogP contribution >= 0.6 is 0 Å². The first-order valence-electron chi connectivity index (χ1n) is 7.40. The number of aliphatic carboxylic acids is 1. The van der Waals surface area contributed by atoms with E-state index in [4.69, 9.17) is 5.11 Å². The number of rotatable bonds is 5. The minimum atomic E-state index is -0.733. The van der Waals surface area contributed by atoms with E-state index in [1.165, 1.54) is 12.8 Å². The monoisotopic (exact) mass is 268 g/mol. The van der Waals surface area contributed by atoms with Crippen molar-refractivity contribution >= 4 is 11.9 Å². The Morgan fingerprint density at radius 3 is 2.68 bits per heavy atom. The van der Waals surface area contributed by atoms with Gasteiger partial charge in [-0.2, -0.15) is 0 Å². The molecule has 0 aromatic carbocycles. The van der Waals surface area contributed by atoms with Crippen molar-refractivity contribution in [2.45, 2.75) is 63.5 Å². The Hall–Kier alpha value is -1.10. The van der Waals surface area contributed by atoms with Crippen molar-refractivity contribution in [2.24, 2.45) is 5.92 Å². The Bertz CT molecular complexity index is 327. The molecule has 2 rings (SSSR count). The molecule has 19 heavy (non-hydrogen) atoms. The Balaban J connectivity index is 1.63. The van der Waals surface area contributed by atoms with Crippen LogP contribution in [0.15, 0.2) is 0 Å². The van der Waals surface area contributed by atoms with Crippen molar-refractivity contribution in [3.05, 3.63) is 0 Å². The van der Waals surface area contributed by atoms with Gasteiger partial charge in [-0.3, -0.25) is 9.59 Å². The van der Waals surface area contributed by atoms with Gasteiger partial charge >= 0.3 is 5.97 Å². The minimum absolute atomic E-state index is 0.0629. The fourth-order valence-electron chi connectivity index (χ4n) is 3.11. The fraction of sp³-hybridized carbons (Fsp3) is 0.857. The van der Waals surface area contributed by atoms with Crippen LogP contribution in [0.3, 0.4) is 0 Å². The average molecular weight is 268 g/mol. The van der Waals surface area contributed by atoms with Gasteiger partial charge in [0.1, 0.15) is 0 Å². The second-order valence-corrected chi connectivity index (χ2v) is 5.80. The normalized spacial score (nSPS) is 31.1. The van der Waals surface area contributed by atoms with Gasteiger partial charge in [0.2, 0.25) is 5.91 Å². The molecular weight excluding hydrogens is 244 g/mol. The van der Waals surface area contributed by atoms with Crippen LogP contribution in [-0.4, -0.2) is 35.6 Å². The highest BCUT2D eigenvalue weighted by molar-refractivity contribution is 5.76. The van der Waals surface area contributed by atoms with Gasteiger partial charge in [0, 0.05) is 18.5 Å². The summed E-state index contributed by atoms with van der Waals surface area (Å²) in [4.78, 5) is 22.7. The molecule has 1 aliphatic heterocycles. The summed E-state index contributed by atoms with van der Waals surface area (Å²) in [6.45, 7) is 1.06. The van der Waals surface area contributed by atoms with Crippen molar-refractivity contribution in [3.8, 4) is 0 Å². The number of amides is 1. The maximum atomic E-state index is 11.8. The molecule has 5 nitrogen and oxygen atoms in total. The fourth-order valence-corrected chi connectivity index (χ4v) is 3.11. The van der Waals surface area contributed by atoms with E-state index in [9.17, 15) is 9.59 Å². The van der Waals surface area contributed by atoms with E-state index < -0.39 is 5.97 Å². The zero-order valence-electron chi connectivity index (χ0n) is 11.4. The SMILES string of the molecule is O=C(CCC1CCCCN1)N[C@H]1CC[C@@H](C(=O)O)C1. The summed E-state index contributed by atoms with van der Waals surface area (Å²) in [5.41, 5.74) is 0. The number of hydrogen-bond donors (Lipinski definition) is 3. The molecule has 2 fully saturated rings. The van der Waals surface area contributed by atoms with E-state index >= 15 is 0 Å². The van der Waals surface area contributed by atoms with Crippen LogP contribution in [0.25, 0.3) is 0 Å². The lowest BCUT2D eigenvalue weighted by Gasteiger charge is -2.23. The van der Waals surface area contributed by atoms with Crippen LogP contribution in [0.5, 0.6) is 0 Å². The third kappa shape index (κ3) is 4.49. The molecule has 2 aliphatic rings. The lowest BCUT2D eigenvalue weighted by atomic mass is 10.0. The molecule has 1 saturated carbocycles. The van der Waals surface area contributed by atoms with Gasteiger partial charge in [0.05, 0.1) is 5.92 Å². The van der Waals surface area contributed by atoms with Gasteiger partial charge in [-0.15, -0.1) is 0 Å². The highest BCUT2D eigenvalue weighted by Crippen LogP contribution is 2.25. The number of carboxylic acids is 1. The number of carboxylic acid groups (broad SMARTS) is 1. The first-order valence-corrected chi connectivity index (χ1v) is 7.40. The molecular formula is C14H24N2O3. The van der Waals surface area contributed by atoms with E-state index in [0.717, 1.165) is 25.8 Å². The van der Waals surface area contributed by atoms with Crippen molar-refractivity contribution in [1.82, 2.24) is 10.6 Å². The molecule has 5 heteroatoms. The zero-order valence-corrected chi connectivity index (χ0v) is 11.4. The molecule has 0 aromatic heterocycles. The topological polar surface area (TPSA) is 78.4 Å². The Morgan fingerprint density at radius 1 is 1.21 bits per heavy atom. The molecule has 0 bridgehead atoms. The molecule has 3 atom stereocenters. The van der Waals surface area contributed by atoms with Crippen LogP contribution in [0, 0.1) is 5.92 Å². The zero-order chi connectivity index (χ0) is 13.7. The smallest absolute Gasteiger partial charge is 0.306 e. The first-order chi connectivity index (χ1) is 9.15. The third-order valence-corrected chi connectivity index (χ3v) is 4.28. The molecule has 1 heterocycles. The van der Waals surface area contributed by atoms with E-state index in [1.54, 1.807) is 0 Å². The predicted octanol–water partition coefficient (Wildman–Crippen LogP) is 1.28. The average Bonchev–Trinajstić information content (AvgIpc) is 2.86. The summed E-state index contributed by atoms with van der Waals surface area (Å²) in [5, 5.41) is 15.3. The molecule has 0 radical (unpaired) electrons. The number of piperidine rings is 1. The Labute approximate surface area is 114 Å². The van der Waals surface area contributed by atoms with Gasteiger partial charge in [0.25, 0.3) is 0 Å². The predicted molar refractivity (Wildman–Crippen MR) is 71.8 cm³/mol. The van der Waals surface area contributed by atoms with Crippen LogP contribution in [0.1, 0.15) is 51.4 Å². The lowest BCUT2D eigenvalue weighted by Crippen LogP contribution is -2.37. The summed E-state index contributed by atoms with van der Waals surface area (Å²) >= 11 is 0. The molecule has 0 aromatic rings. The van der Waals surface area contributed by atoms with Crippen LogP contribution < -0.4 is 10.6 Å². The summed E-state index contributed by atoms with van der Waals surface area (Å²) in [7, 11) is 0. The van der Waals surface area contributed by atoms with E-state index in [2.05, 4.69) is 10.6 Å². The van der Waals surface area contributed by atoms with E-state index in [1.807, 2.05) is 0 Å². The second kappa shape index (κ2) is 6.89. The lowest BCUT2D eigenvalue weighted by molar-refractivity contribution is -0.141. The summed E-state index contributed by atoms with van der Waals surface area (Å²) < 4.78 is 0. The highest BCUT2D eigenvalue weighted by Gasteiger charge is 2.30. The maximum absolute atomic E-state index is 11.8. The summed E-state index contributed by atoms with van der Waals surface area (Å²) in [6.07, 6.45) is 7.16. The van der Waals surface area contributed by atoms with Gasteiger partial charge in [-0.1, -0.05) is 6.42 Å². The molecule has 1 aliphatic carbocycles. The largest absolute Gasteiger partial charge is 0.481 e. The van der Waals surface area contributed by atoms with E-state index in [0.29, 0.717) is 25.3 Å². The van der Waals surface area contributed by atoms with Crippen molar-refractivity contribution in [1.29, 1.82) is 0 Å². The van der Waals surface area contributed by atoms with Crippen LogP contribution in [0.4, 0.5) is 0 Å². The minimum Gasteiger partial charge on any atom is -0.481 e. The molecule has 1 amide bonds. The molecule has 3 N–H and O–H groups in total. The molecule has 1 unspecified atom stereocenters. The van der Waals surface area contributed by atoms with Gasteiger partial charge in [-0.25, -0.2) is 0 Å². The molecule has 0 spiro atoms. The molecule has 1 saturated heterocycles. The maximum Gasteiger partial charge on any atom is 0.306 e. The molecule has 108 valence electrons. The quantitative estimate of drug-likeness (QED) is 0.702.